The molecule has 0 spiro atoms. The third-order valence-corrected chi connectivity index (χ3v) is 3.31. The molecular formula is C11H18N2O. The SMILES string of the molecule is CC1=C(C)NC(=O)[C@@H]2CCCCN2C1. The van der Waals surface area contributed by atoms with Crippen molar-refractivity contribution in [3.63, 3.8) is 0 Å². The molecule has 1 N–H and O–H groups in total. The van der Waals surface area contributed by atoms with E-state index in [1.165, 1.54) is 18.4 Å². The molecule has 1 fully saturated rings. The molecule has 0 saturated carbocycles. The van der Waals surface area contributed by atoms with Gasteiger partial charge in [-0.2, -0.15) is 0 Å². The minimum Gasteiger partial charge on any atom is -0.329 e. The summed E-state index contributed by atoms with van der Waals surface area (Å²) in [6, 6.07) is 0.121. The fourth-order valence-electron chi connectivity index (χ4n) is 2.28. The Kier molecular flexibility index (Phi) is 2.59. The molecule has 0 aromatic rings. The van der Waals surface area contributed by atoms with Crippen LogP contribution in [0.2, 0.25) is 0 Å². The highest BCUT2D eigenvalue weighted by Crippen LogP contribution is 2.21. The van der Waals surface area contributed by atoms with E-state index < -0.39 is 0 Å². The third kappa shape index (κ3) is 1.69. The predicted octanol–water partition coefficient (Wildman–Crippen LogP) is 1.26. The van der Waals surface area contributed by atoms with Gasteiger partial charge in [-0.1, -0.05) is 6.42 Å². The van der Waals surface area contributed by atoms with Crippen LogP contribution in [0, 0.1) is 0 Å². The number of hydrogen-bond acceptors (Lipinski definition) is 2. The highest BCUT2D eigenvalue weighted by Gasteiger charge is 2.30. The summed E-state index contributed by atoms with van der Waals surface area (Å²) in [5.41, 5.74) is 2.34. The summed E-state index contributed by atoms with van der Waals surface area (Å²) < 4.78 is 0. The van der Waals surface area contributed by atoms with E-state index in [0.29, 0.717) is 0 Å². The minimum absolute atomic E-state index is 0.121. The number of fused-ring (bicyclic) bond motifs is 1. The van der Waals surface area contributed by atoms with Crippen LogP contribution in [-0.2, 0) is 4.79 Å². The maximum Gasteiger partial charge on any atom is 0.241 e. The molecule has 0 bridgehead atoms. The summed E-state index contributed by atoms with van der Waals surface area (Å²) in [6.45, 7) is 6.12. The smallest absolute Gasteiger partial charge is 0.241 e. The lowest BCUT2D eigenvalue weighted by Gasteiger charge is -2.32. The third-order valence-electron chi connectivity index (χ3n) is 3.31. The maximum atomic E-state index is 11.8. The topological polar surface area (TPSA) is 32.3 Å². The van der Waals surface area contributed by atoms with Crippen LogP contribution in [0.15, 0.2) is 11.3 Å². The Labute approximate surface area is 85.2 Å². The lowest BCUT2D eigenvalue weighted by atomic mass is 10.0. The standard InChI is InChI=1S/C11H18N2O/c1-8-7-13-6-4-3-5-10(13)11(14)12-9(8)2/h10H,3-7H2,1-2H3,(H,12,14)/t10-/m0/s1. The summed E-state index contributed by atoms with van der Waals surface area (Å²) in [5.74, 6) is 0.194. The van der Waals surface area contributed by atoms with Gasteiger partial charge < -0.3 is 5.32 Å². The van der Waals surface area contributed by atoms with Gasteiger partial charge in [0.2, 0.25) is 5.91 Å². The molecule has 3 heteroatoms. The molecule has 2 aliphatic heterocycles. The van der Waals surface area contributed by atoms with Gasteiger partial charge in [0.05, 0.1) is 6.04 Å². The lowest BCUT2D eigenvalue weighted by molar-refractivity contribution is -0.126. The van der Waals surface area contributed by atoms with E-state index in [4.69, 9.17) is 0 Å². The molecule has 1 amide bonds. The highest BCUT2D eigenvalue weighted by molar-refractivity contribution is 5.84. The number of carbonyl (C=O) groups excluding carboxylic acids is 1. The zero-order chi connectivity index (χ0) is 10.1. The Bertz CT molecular complexity index is 283. The minimum atomic E-state index is 0.121. The van der Waals surface area contributed by atoms with E-state index >= 15 is 0 Å². The van der Waals surface area contributed by atoms with Crippen molar-refractivity contribution >= 4 is 5.91 Å². The molecule has 0 aromatic heterocycles. The van der Waals surface area contributed by atoms with E-state index in [-0.39, 0.29) is 11.9 Å². The van der Waals surface area contributed by atoms with Gasteiger partial charge in [0.25, 0.3) is 0 Å². The normalized spacial score (nSPS) is 29.6. The molecule has 3 nitrogen and oxygen atoms in total. The fraction of sp³-hybridized carbons (Fsp3) is 0.727. The monoisotopic (exact) mass is 194 g/mol. The van der Waals surface area contributed by atoms with Crippen molar-refractivity contribution in [1.82, 2.24) is 10.2 Å². The Balaban J connectivity index is 2.21. The Morgan fingerprint density at radius 3 is 2.93 bits per heavy atom. The van der Waals surface area contributed by atoms with Crippen LogP contribution in [0.1, 0.15) is 33.1 Å². The predicted molar refractivity (Wildman–Crippen MR) is 55.7 cm³/mol. The number of allylic oxidation sites excluding steroid dienone is 1. The van der Waals surface area contributed by atoms with Gasteiger partial charge >= 0.3 is 0 Å². The molecule has 0 aromatic carbocycles. The van der Waals surface area contributed by atoms with Gasteiger partial charge in [-0.25, -0.2) is 0 Å². The van der Waals surface area contributed by atoms with Crippen molar-refractivity contribution in [2.24, 2.45) is 0 Å². The van der Waals surface area contributed by atoms with Crippen molar-refractivity contribution < 1.29 is 4.79 Å². The van der Waals surface area contributed by atoms with Gasteiger partial charge in [-0.05, 0) is 38.8 Å². The average Bonchev–Trinajstić information content (AvgIpc) is 2.27. The molecule has 0 radical (unpaired) electrons. The molecule has 78 valence electrons. The van der Waals surface area contributed by atoms with E-state index in [1.807, 2.05) is 6.92 Å². The number of piperidine rings is 1. The number of hydrogen-bond donors (Lipinski definition) is 1. The molecule has 2 heterocycles. The van der Waals surface area contributed by atoms with Gasteiger partial charge in [-0.15, -0.1) is 0 Å². The van der Waals surface area contributed by atoms with E-state index in [2.05, 4.69) is 17.1 Å². The second-order valence-electron chi connectivity index (χ2n) is 4.38. The second-order valence-corrected chi connectivity index (χ2v) is 4.38. The van der Waals surface area contributed by atoms with Crippen LogP contribution in [0.25, 0.3) is 0 Å². The van der Waals surface area contributed by atoms with Gasteiger partial charge in [-0.3, -0.25) is 9.69 Å². The zero-order valence-electron chi connectivity index (χ0n) is 8.97. The number of nitrogens with zero attached hydrogens (tertiary/aromatic N) is 1. The molecule has 2 aliphatic rings. The molecule has 0 unspecified atom stereocenters. The summed E-state index contributed by atoms with van der Waals surface area (Å²) in [5, 5.41) is 2.99. The average molecular weight is 194 g/mol. The van der Waals surface area contributed by atoms with Gasteiger partial charge in [0, 0.05) is 12.2 Å². The van der Waals surface area contributed by atoms with Crippen LogP contribution >= 0.6 is 0 Å². The Morgan fingerprint density at radius 1 is 1.36 bits per heavy atom. The highest BCUT2D eigenvalue weighted by atomic mass is 16.2. The summed E-state index contributed by atoms with van der Waals surface area (Å²) >= 11 is 0. The molecule has 0 aliphatic carbocycles. The van der Waals surface area contributed by atoms with Gasteiger partial charge in [0.15, 0.2) is 0 Å². The number of rotatable bonds is 0. The van der Waals surface area contributed by atoms with E-state index in [0.717, 1.165) is 25.2 Å². The Hall–Kier alpha value is -0.830. The van der Waals surface area contributed by atoms with Crippen LogP contribution in [0.3, 0.4) is 0 Å². The maximum absolute atomic E-state index is 11.8. The first-order valence-electron chi connectivity index (χ1n) is 5.40. The van der Waals surface area contributed by atoms with E-state index in [1.54, 1.807) is 0 Å². The largest absolute Gasteiger partial charge is 0.329 e. The molecule has 14 heavy (non-hydrogen) atoms. The van der Waals surface area contributed by atoms with E-state index in [9.17, 15) is 4.79 Å². The van der Waals surface area contributed by atoms with Crippen LogP contribution in [-0.4, -0.2) is 29.9 Å². The molecule has 1 saturated heterocycles. The second kappa shape index (κ2) is 3.73. The number of nitrogens with one attached hydrogen (secondary N) is 1. The van der Waals surface area contributed by atoms with Crippen molar-refractivity contribution in [2.45, 2.75) is 39.2 Å². The first-order valence-corrected chi connectivity index (χ1v) is 5.40. The summed E-state index contributed by atoms with van der Waals surface area (Å²) in [4.78, 5) is 14.1. The quantitative estimate of drug-likeness (QED) is 0.629. The molecule has 2 rings (SSSR count). The molecule has 1 atom stereocenters. The molecular weight excluding hydrogens is 176 g/mol. The van der Waals surface area contributed by atoms with Crippen LogP contribution < -0.4 is 5.32 Å². The Morgan fingerprint density at radius 2 is 2.14 bits per heavy atom. The fourth-order valence-corrected chi connectivity index (χ4v) is 2.28. The summed E-state index contributed by atoms with van der Waals surface area (Å²) in [7, 11) is 0. The summed E-state index contributed by atoms with van der Waals surface area (Å²) in [6.07, 6.45) is 3.44. The van der Waals surface area contributed by atoms with Gasteiger partial charge in [0.1, 0.15) is 0 Å². The van der Waals surface area contributed by atoms with Crippen molar-refractivity contribution in [2.75, 3.05) is 13.1 Å². The zero-order valence-corrected chi connectivity index (χ0v) is 8.97. The van der Waals surface area contributed by atoms with Crippen molar-refractivity contribution in [3.8, 4) is 0 Å². The van der Waals surface area contributed by atoms with Crippen molar-refractivity contribution in [1.29, 1.82) is 0 Å². The van der Waals surface area contributed by atoms with Crippen LogP contribution in [0.5, 0.6) is 0 Å². The van der Waals surface area contributed by atoms with Crippen molar-refractivity contribution in [3.05, 3.63) is 11.3 Å². The van der Waals surface area contributed by atoms with Crippen LogP contribution in [0.4, 0.5) is 0 Å². The first kappa shape index (κ1) is 9.71. The number of carbonyl (C=O) groups is 1. The first-order chi connectivity index (χ1) is 6.68. The lowest BCUT2D eigenvalue weighted by Crippen LogP contribution is -2.47. The number of amides is 1.